The van der Waals surface area contributed by atoms with Gasteiger partial charge in [0.2, 0.25) is 5.91 Å². The molecule has 0 saturated carbocycles. The normalized spacial score (nSPS) is 15.5. The molecule has 0 radical (unpaired) electrons. The van der Waals surface area contributed by atoms with Crippen LogP contribution in [0.15, 0.2) is 29.3 Å². The molecule has 2 rings (SSSR count). The summed E-state index contributed by atoms with van der Waals surface area (Å²) in [5.74, 6) is 1.07. The van der Waals surface area contributed by atoms with Crippen LogP contribution in [-0.2, 0) is 11.3 Å². The van der Waals surface area contributed by atoms with Gasteiger partial charge in [-0.05, 0) is 37.0 Å². The predicted molar refractivity (Wildman–Crippen MR) is 100 cm³/mol. The number of carbonyl (C=O) groups excluding carboxylic acids is 1. The van der Waals surface area contributed by atoms with Crippen molar-refractivity contribution in [2.45, 2.75) is 52.0 Å². The minimum atomic E-state index is 0.240. The van der Waals surface area contributed by atoms with Gasteiger partial charge in [-0.1, -0.05) is 31.9 Å². The molecule has 0 unspecified atom stereocenters. The molecule has 0 spiro atoms. The van der Waals surface area contributed by atoms with Crippen LogP contribution < -0.4 is 15.5 Å². The summed E-state index contributed by atoms with van der Waals surface area (Å²) in [4.78, 5) is 18.1. The molecule has 0 atom stereocenters. The van der Waals surface area contributed by atoms with Crippen molar-refractivity contribution in [2.75, 3.05) is 25.0 Å². The number of piperidine rings is 1. The number of rotatable bonds is 7. The topological polar surface area (TPSA) is 56.7 Å². The van der Waals surface area contributed by atoms with Crippen LogP contribution in [0.2, 0.25) is 0 Å². The van der Waals surface area contributed by atoms with Crippen molar-refractivity contribution < 1.29 is 4.79 Å². The largest absolute Gasteiger partial charge is 0.356 e. The second-order valence-corrected chi connectivity index (χ2v) is 6.23. The van der Waals surface area contributed by atoms with Crippen LogP contribution in [0.5, 0.6) is 0 Å². The van der Waals surface area contributed by atoms with Gasteiger partial charge >= 0.3 is 0 Å². The first-order valence-electron chi connectivity index (χ1n) is 9.08. The number of hydrogen-bond acceptors (Lipinski definition) is 2. The number of nitrogens with zero attached hydrogens (tertiary/aromatic N) is 2. The number of aliphatic imine (C=N–C) groups is 1. The molecule has 1 aliphatic rings. The highest BCUT2D eigenvalue weighted by Gasteiger charge is 2.19. The van der Waals surface area contributed by atoms with E-state index in [4.69, 9.17) is 0 Å². The fraction of sp³-hybridized carbons (Fsp3) is 0.579. The maximum absolute atomic E-state index is 12.0. The van der Waals surface area contributed by atoms with Gasteiger partial charge in [-0.15, -0.1) is 0 Å². The number of carbonyl (C=O) groups is 1. The number of nitrogens with one attached hydrogen (secondary N) is 2. The van der Waals surface area contributed by atoms with Gasteiger partial charge in [0.1, 0.15) is 0 Å². The molecule has 1 amide bonds. The maximum Gasteiger partial charge on any atom is 0.226 e. The number of guanidine groups is 1. The smallest absolute Gasteiger partial charge is 0.226 e. The summed E-state index contributed by atoms with van der Waals surface area (Å²) in [7, 11) is 1.79. The number of unbranched alkanes of at least 4 members (excludes halogenated alkanes) is 2. The van der Waals surface area contributed by atoms with E-state index in [9.17, 15) is 4.79 Å². The number of anilines is 1. The third-order valence-electron chi connectivity index (χ3n) is 4.33. The first kappa shape index (κ1) is 18.3. The third kappa shape index (κ3) is 5.55. The lowest BCUT2D eigenvalue weighted by Gasteiger charge is -2.26. The summed E-state index contributed by atoms with van der Waals surface area (Å²) in [6.07, 6.45) is 6.40. The molecular weight excluding hydrogens is 300 g/mol. The van der Waals surface area contributed by atoms with Crippen LogP contribution in [0.1, 0.15) is 51.0 Å². The lowest BCUT2D eigenvalue weighted by molar-refractivity contribution is -0.119. The van der Waals surface area contributed by atoms with Gasteiger partial charge in [0.15, 0.2) is 5.96 Å². The Balaban J connectivity index is 1.81. The summed E-state index contributed by atoms with van der Waals surface area (Å²) >= 11 is 0. The van der Waals surface area contributed by atoms with Crippen LogP contribution >= 0.6 is 0 Å². The van der Waals surface area contributed by atoms with Gasteiger partial charge in [0.05, 0.1) is 0 Å². The zero-order chi connectivity index (χ0) is 17.2. The Morgan fingerprint density at radius 2 is 1.96 bits per heavy atom. The van der Waals surface area contributed by atoms with Gasteiger partial charge in [0.25, 0.3) is 0 Å². The molecule has 1 aromatic carbocycles. The Labute approximate surface area is 145 Å². The van der Waals surface area contributed by atoms with E-state index in [1.54, 1.807) is 7.05 Å². The average molecular weight is 330 g/mol. The average Bonchev–Trinajstić information content (AvgIpc) is 2.62. The van der Waals surface area contributed by atoms with Crippen molar-refractivity contribution in [2.24, 2.45) is 4.99 Å². The molecule has 0 aromatic heterocycles. The number of benzene rings is 1. The minimum absolute atomic E-state index is 0.240. The van der Waals surface area contributed by atoms with Crippen LogP contribution in [0.25, 0.3) is 0 Å². The molecule has 2 N–H and O–H groups in total. The molecule has 5 heteroatoms. The third-order valence-corrected chi connectivity index (χ3v) is 4.33. The minimum Gasteiger partial charge on any atom is -0.356 e. The fourth-order valence-electron chi connectivity index (χ4n) is 2.86. The van der Waals surface area contributed by atoms with Gasteiger partial charge in [-0.25, -0.2) is 0 Å². The molecule has 1 heterocycles. The molecule has 1 saturated heterocycles. The van der Waals surface area contributed by atoms with Crippen LogP contribution in [0.4, 0.5) is 5.69 Å². The summed E-state index contributed by atoms with van der Waals surface area (Å²) < 4.78 is 0. The van der Waals surface area contributed by atoms with E-state index >= 15 is 0 Å². The molecule has 5 nitrogen and oxygen atoms in total. The van der Waals surface area contributed by atoms with Crippen LogP contribution in [0, 0.1) is 0 Å². The standard InChI is InChI=1S/C19H30N4O/c1-3-4-6-13-21-19(20-2)22-15-16-9-11-17(12-10-16)23-14-7-5-8-18(23)24/h9-12H,3-8,13-15H2,1-2H3,(H2,20,21,22). The highest BCUT2D eigenvalue weighted by atomic mass is 16.2. The molecule has 24 heavy (non-hydrogen) atoms. The lowest BCUT2D eigenvalue weighted by atomic mass is 10.1. The van der Waals surface area contributed by atoms with Crippen molar-refractivity contribution in [3.63, 3.8) is 0 Å². The van der Waals surface area contributed by atoms with Crippen molar-refractivity contribution in [3.8, 4) is 0 Å². The zero-order valence-corrected chi connectivity index (χ0v) is 15.0. The monoisotopic (exact) mass is 330 g/mol. The molecule has 132 valence electrons. The highest BCUT2D eigenvalue weighted by Crippen LogP contribution is 2.21. The molecule has 1 aliphatic heterocycles. The summed E-state index contributed by atoms with van der Waals surface area (Å²) in [5.41, 5.74) is 2.19. The van der Waals surface area contributed by atoms with Gasteiger partial charge in [-0.3, -0.25) is 9.79 Å². The summed E-state index contributed by atoms with van der Waals surface area (Å²) in [6.45, 7) is 4.71. The molecule has 0 aliphatic carbocycles. The molecule has 1 fully saturated rings. The highest BCUT2D eigenvalue weighted by molar-refractivity contribution is 5.93. The molecule has 0 bridgehead atoms. The van der Waals surface area contributed by atoms with Crippen molar-refractivity contribution in [1.29, 1.82) is 0 Å². The maximum atomic E-state index is 12.0. The van der Waals surface area contributed by atoms with E-state index in [1.807, 2.05) is 17.0 Å². The van der Waals surface area contributed by atoms with Crippen LogP contribution in [-0.4, -0.2) is 32.0 Å². The van der Waals surface area contributed by atoms with Gasteiger partial charge in [-0.2, -0.15) is 0 Å². The quantitative estimate of drug-likeness (QED) is 0.459. The predicted octanol–water partition coefficient (Wildman–Crippen LogP) is 3.06. The second kappa shape index (κ2) is 9.96. The summed E-state index contributed by atoms with van der Waals surface area (Å²) in [5, 5.41) is 6.66. The van der Waals surface area contributed by atoms with E-state index in [1.165, 1.54) is 18.4 Å². The Hall–Kier alpha value is -2.04. The van der Waals surface area contributed by atoms with Crippen molar-refractivity contribution in [1.82, 2.24) is 10.6 Å². The molecular formula is C19H30N4O. The van der Waals surface area contributed by atoms with Crippen molar-refractivity contribution >= 4 is 17.6 Å². The van der Waals surface area contributed by atoms with Gasteiger partial charge < -0.3 is 15.5 Å². The number of hydrogen-bond donors (Lipinski definition) is 2. The summed E-state index contributed by atoms with van der Waals surface area (Å²) in [6, 6.07) is 8.23. The van der Waals surface area contributed by atoms with E-state index in [0.29, 0.717) is 6.42 Å². The lowest BCUT2D eigenvalue weighted by Crippen LogP contribution is -2.37. The SMILES string of the molecule is CCCCCNC(=NC)NCc1ccc(N2CCCCC2=O)cc1. The zero-order valence-electron chi connectivity index (χ0n) is 15.0. The van der Waals surface area contributed by atoms with E-state index in [0.717, 1.165) is 50.5 Å². The fourth-order valence-corrected chi connectivity index (χ4v) is 2.86. The Bertz CT molecular complexity index is 539. The first-order valence-corrected chi connectivity index (χ1v) is 9.08. The Morgan fingerprint density at radius 1 is 1.17 bits per heavy atom. The van der Waals surface area contributed by atoms with E-state index in [-0.39, 0.29) is 5.91 Å². The first-order chi connectivity index (χ1) is 11.7. The van der Waals surface area contributed by atoms with E-state index < -0.39 is 0 Å². The van der Waals surface area contributed by atoms with Crippen molar-refractivity contribution in [3.05, 3.63) is 29.8 Å². The van der Waals surface area contributed by atoms with Crippen LogP contribution in [0.3, 0.4) is 0 Å². The Kier molecular flexibility index (Phi) is 7.59. The molecule has 1 aromatic rings. The second-order valence-electron chi connectivity index (χ2n) is 6.23. The van der Waals surface area contributed by atoms with Gasteiger partial charge in [0, 0.05) is 38.8 Å². The Morgan fingerprint density at radius 3 is 2.62 bits per heavy atom. The van der Waals surface area contributed by atoms with E-state index in [2.05, 4.69) is 34.7 Å². The number of amides is 1.